The highest BCUT2D eigenvalue weighted by atomic mass is 35.5. The average Bonchev–Trinajstić information content (AvgIpc) is 3.24. The third kappa shape index (κ3) is 2.96. The number of rotatable bonds is 4. The number of anilines is 1. The molecule has 1 aliphatic heterocycles. The van der Waals surface area contributed by atoms with Crippen LogP contribution >= 0.6 is 11.6 Å². The van der Waals surface area contributed by atoms with Crippen LogP contribution in [0.4, 0.5) is 5.82 Å². The van der Waals surface area contributed by atoms with Crippen LogP contribution in [0.3, 0.4) is 0 Å². The van der Waals surface area contributed by atoms with Gasteiger partial charge in [0.1, 0.15) is 5.82 Å². The highest BCUT2D eigenvalue weighted by Crippen LogP contribution is 2.30. The Morgan fingerprint density at radius 3 is 2.67 bits per heavy atom. The van der Waals surface area contributed by atoms with Crippen LogP contribution in [0.2, 0.25) is 0 Å². The van der Waals surface area contributed by atoms with Gasteiger partial charge in [-0.1, -0.05) is 0 Å². The van der Waals surface area contributed by atoms with E-state index in [1.165, 1.54) is 32.5 Å². The molecule has 1 saturated heterocycles. The molecule has 98 valence electrons. The normalized spacial score (nSPS) is 21.3. The predicted octanol–water partition coefficient (Wildman–Crippen LogP) is 2.35. The van der Waals surface area contributed by atoms with Crippen LogP contribution in [-0.2, 0) is 5.88 Å². The first-order chi connectivity index (χ1) is 8.85. The summed E-state index contributed by atoms with van der Waals surface area (Å²) in [5.74, 6) is 2.64. The maximum absolute atomic E-state index is 5.87. The van der Waals surface area contributed by atoms with Crippen molar-refractivity contribution in [1.29, 1.82) is 0 Å². The standard InChI is InChI=1S/C14H20ClN3/c15-10-13-3-4-16-14(9-13)18-7-5-17(6-8-18)11-12-1-2-12/h3-4,9,12H,1-2,5-8,10-11H2. The zero-order chi connectivity index (χ0) is 12.4. The number of nitrogens with zero attached hydrogens (tertiary/aromatic N) is 3. The van der Waals surface area contributed by atoms with Crippen molar-refractivity contribution >= 4 is 17.4 Å². The fourth-order valence-electron chi connectivity index (χ4n) is 2.54. The zero-order valence-electron chi connectivity index (χ0n) is 10.7. The fourth-order valence-corrected chi connectivity index (χ4v) is 2.71. The number of hydrogen-bond donors (Lipinski definition) is 0. The molecule has 0 radical (unpaired) electrons. The molecule has 0 N–H and O–H groups in total. The second-order valence-corrected chi connectivity index (χ2v) is 5.65. The molecule has 0 unspecified atom stereocenters. The second-order valence-electron chi connectivity index (χ2n) is 5.39. The molecule has 18 heavy (non-hydrogen) atoms. The van der Waals surface area contributed by atoms with E-state index in [1.807, 2.05) is 12.3 Å². The lowest BCUT2D eigenvalue weighted by atomic mass is 10.2. The summed E-state index contributed by atoms with van der Waals surface area (Å²) in [5.41, 5.74) is 1.15. The van der Waals surface area contributed by atoms with Crippen LogP contribution in [0.15, 0.2) is 18.3 Å². The van der Waals surface area contributed by atoms with Gasteiger partial charge < -0.3 is 4.90 Å². The van der Waals surface area contributed by atoms with Crippen molar-refractivity contribution in [1.82, 2.24) is 9.88 Å². The first-order valence-electron chi connectivity index (χ1n) is 6.83. The number of aromatic nitrogens is 1. The van der Waals surface area contributed by atoms with E-state index in [0.717, 1.165) is 30.4 Å². The lowest BCUT2D eigenvalue weighted by Crippen LogP contribution is -2.47. The second kappa shape index (κ2) is 5.45. The van der Waals surface area contributed by atoms with Gasteiger partial charge in [0.05, 0.1) is 0 Å². The Kier molecular flexibility index (Phi) is 3.71. The van der Waals surface area contributed by atoms with E-state index in [9.17, 15) is 0 Å². The van der Waals surface area contributed by atoms with Crippen molar-refractivity contribution in [2.75, 3.05) is 37.6 Å². The van der Waals surface area contributed by atoms with Crippen molar-refractivity contribution in [3.05, 3.63) is 23.9 Å². The van der Waals surface area contributed by atoms with E-state index in [1.54, 1.807) is 0 Å². The summed E-state index contributed by atoms with van der Waals surface area (Å²) in [6.07, 6.45) is 4.75. The van der Waals surface area contributed by atoms with Crippen molar-refractivity contribution in [2.24, 2.45) is 5.92 Å². The van der Waals surface area contributed by atoms with Gasteiger partial charge in [0, 0.05) is 44.8 Å². The SMILES string of the molecule is ClCc1ccnc(N2CCN(CC3CC3)CC2)c1. The lowest BCUT2D eigenvalue weighted by Gasteiger charge is -2.35. The minimum absolute atomic E-state index is 0.567. The molecule has 1 aromatic rings. The summed E-state index contributed by atoms with van der Waals surface area (Å²) in [7, 11) is 0. The van der Waals surface area contributed by atoms with Crippen molar-refractivity contribution in [3.63, 3.8) is 0 Å². The number of hydrogen-bond acceptors (Lipinski definition) is 3. The molecular formula is C14H20ClN3. The largest absolute Gasteiger partial charge is 0.354 e. The third-order valence-corrected chi connectivity index (χ3v) is 4.18. The summed E-state index contributed by atoms with van der Waals surface area (Å²) in [4.78, 5) is 9.43. The topological polar surface area (TPSA) is 19.4 Å². The van der Waals surface area contributed by atoms with E-state index in [-0.39, 0.29) is 0 Å². The highest BCUT2D eigenvalue weighted by molar-refractivity contribution is 6.17. The van der Waals surface area contributed by atoms with Crippen LogP contribution in [0.25, 0.3) is 0 Å². The van der Waals surface area contributed by atoms with Gasteiger partial charge in [-0.3, -0.25) is 4.90 Å². The highest BCUT2D eigenvalue weighted by Gasteiger charge is 2.26. The molecular weight excluding hydrogens is 246 g/mol. The van der Waals surface area contributed by atoms with Crippen LogP contribution in [0.5, 0.6) is 0 Å². The Bertz CT molecular complexity index is 398. The van der Waals surface area contributed by atoms with Crippen molar-refractivity contribution in [3.8, 4) is 0 Å². The lowest BCUT2D eigenvalue weighted by molar-refractivity contribution is 0.247. The monoisotopic (exact) mass is 265 g/mol. The fraction of sp³-hybridized carbons (Fsp3) is 0.643. The van der Waals surface area contributed by atoms with Gasteiger partial charge in [-0.2, -0.15) is 0 Å². The van der Waals surface area contributed by atoms with E-state index in [4.69, 9.17) is 11.6 Å². The molecule has 2 heterocycles. The molecule has 2 fully saturated rings. The van der Waals surface area contributed by atoms with E-state index < -0.39 is 0 Å². The number of piperazine rings is 1. The minimum Gasteiger partial charge on any atom is -0.354 e. The van der Waals surface area contributed by atoms with Gasteiger partial charge in [0.25, 0.3) is 0 Å². The van der Waals surface area contributed by atoms with Gasteiger partial charge in [-0.15, -0.1) is 11.6 Å². The summed E-state index contributed by atoms with van der Waals surface area (Å²) in [5, 5.41) is 0. The Labute approximate surface area is 114 Å². The summed E-state index contributed by atoms with van der Waals surface area (Å²) in [6, 6.07) is 4.10. The maximum Gasteiger partial charge on any atom is 0.128 e. The molecule has 0 atom stereocenters. The van der Waals surface area contributed by atoms with Gasteiger partial charge in [-0.25, -0.2) is 4.98 Å². The zero-order valence-corrected chi connectivity index (χ0v) is 11.4. The van der Waals surface area contributed by atoms with Gasteiger partial charge in [0.2, 0.25) is 0 Å². The van der Waals surface area contributed by atoms with E-state index in [0.29, 0.717) is 5.88 Å². The third-order valence-electron chi connectivity index (χ3n) is 3.87. The average molecular weight is 266 g/mol. The van der Waals surface area contributed by atoms with Crippen LogP contribution in [0, 0.1) is 5.92 Å². The summed E-state index contributed by atoms with van der Waals surface area (Å²) < 4.78 is 0. The molecule has 1 aromatic heterocycles. The van der Waals surface area contributed by atoms with Crippen LogP contribution < -0.4 is 4.90 Å². The number of halogens is 1. The molecule has 0 spiro atoms. The van der Waals surface area contributed by atoms with Gasteiger partial charge in [0.15, 0.2) is 0 Å². The van der Waals surface area contributed by atoms with E-state index >= 15 is 0 Å². The van der Waals surface area contributed by atoms with E-state index in [2.05, 4.69) is 20.9 Å². The summed E-state index contributed by atoms with van der Waals surface area (Å²) >= 11 is 5.87. The number of alkyl halides is 1. The first kappa shape index (κ1) is 12.2. The molecule has 1 aliphatic carbocycles. The molecule has 3 nitrogen and oxygen atoms in total. The van der Waals surface area contributed by atoms with Gasteiger partial charge in [-0.05, 0) is 36.5 Å². The Morgan fingerprint density at radius 1 is 1.22 bits per heavy atom. The molecule has 0 aromatic carbocycles. The minimum atomic E-state index is 0.567. The van der Waals surface area contributed by atoms with Gasteiger partial charge >= 0.3 is 0 Å². The summed E-state index contributed by atoms with van der Waals surface area (Å²) in [6.45, 7) is 5.83. The maximum atomic E-state index is 5.87. The molecule has 3 rings (SSSR count). The molecule has 4 heteroatoms. The molecule has 0 amide bonds. The van der Waals surface area contributed by atoms with Crippen LogP contribution in [-0.4, -0.2) is 42.6 Å². The Morgan fingerprint density at radius 2 is 2.00 bits per heavy atom. The first-order valence-corrected chi connectivity index (χ1v) is 7.37. The van der Waals surface area contributed by atoms with Crippen LogP contribution in [0.1, 0.15) is 18.4 Å². The molecule has 2 aliphatic rings. The predicted molar refractivity (Wildman–Crippen MR) is 75.2 cm³/mol. The number of pyridine rings is 1. The molecule has 1 saturated carbocycles. The Balaban J connectivity index is 1.57. The van der Waals surface area contributed by atoms with Crippen molar-refractivity contribution in [2.45, 2.75) is 18.7 Å². The molecule has 0 bridgehead atoms. The quantitative estimate of drug-likeness (QED) is 0.779. The Hall–Kier alpha value is -0.800. The van der Waals surface area contributed by atoms with Crippen molar-refractivity contribution < 1.29 is 0 Å². The smallest absolute Gasteiger partial charge is 0.128 e.